The fourth-order valence-corrected chi connectivity index (χ4v) is 3.01. The average Bonchev–Trinajstić information content (AvgIpc) is 3.07. The van der Waals surface area contributed by atoms with Crippen LogP contribution in [0.2, 0.25) is 0 Å². The third-order valence-electron chi connectivity index (χ3n) is 6.66. The zero-order valence-corrected chi connectivity index (χ0v) is 29.8. The van der Waals surface area contributed by atoms with Gasteiger partial charge in [0, 0.05) is 7.11 Å². The summed E-state index contributed by atoms with van der Waals surface area (Å²) in [6, 6.07) is 0. The first kappa shape index (κ1) is 64.9. The van der Waals surface area contributed by atoms with Gasteiger partial charge in [-0.15, -0.1) is 0 Å². The minimum absolute atomic E-state index is 0. The molecule has 0 aromatic rings. The Hall–Kier alpha value is -1.97. The maximum absolute atomic E-state index is 13.0. The van der Waals surface area contributed by atoms with Gasteiger partial charge in [0.1, 0.15) is 6.61 Å². The summed E-state index contributed by atoms with van der Waals surface area (Å²) >= 11 is 0. The van der Waals surface area contributed by atoms with Crippen molar-refractivity contribution in [2.24, 2.45) is 11.8 Å². The zero-order chi connectivity index (χ0) is 39.4. The maximum atomic E-state index is 13.0. The molecule has 11 nitrogen and oxygen atoms in total. The third-order valence-corrected chi connectivity index (χ3v) is 6.66. The van der Waals surface area contributed by atoms with Gasteiger partial charge in [-0.05, 0) is 12.8 Å². The molecular formula is C35H69F9O11. The van der Waals surface area contributed by atoms with Crippen LogP contribution < -0.4 is 0 Å². The van der Waals surface area contributed by atoms with Gasteiger partial charge >= 0.3 is 35.9 Å². The Kier molecular flexibility index (Phi) is 42.9. The maximum Gasteiger partial charge on any atom is 0.460 e. The molecule has 55 heavy (non-hydrogen) atoms. The van der Waals surface area contributed by atoms with Gasteiger partial charge in [-0.3, -0.25) is 9.59 Å². The molecule has 0 heterocycles. The number of hydrogen-bond acceptors (Lipinski definition) is 11. The lowest BCUT2D eigenvalue weighted by molar-refractivity contribution is -0.397. The molecule has 0 spiro atoms. The summed E-state index contributed by atoms with van der Waals surface area (Å²) < 4.78 is 159. The Bertz CT molecular complexity index is 885. The van der Waals surface area contributed by atoms with E-state index in [-0.39, 0.29) is 54.6 Å². The highest BCUT2D eigenvalue weighted by Crippen LogP contribution is 2.54. The predicted octanol–water partition coefficient (Wildman–Crippen LogP) is 8.30. The Morgan fingerprint density at radius 3 is 1.00 bits per heavy atom. The standard InChI is InChI=1S/C20H40O9.C11H13F9O2.4CH4/c1-4-19(2)20(21)29-18-17-28-16-15-27-14-13-26-12-11-25-10-9-24-8-7-23-6-5-22-3;1-3-6(2)7(21)22-5-4-8(12,13)9(14,15)10(16,17)11(18,19)20;;;;/h19H,4-18H2,1-3H3;6H,3-5H2,1-2H3;4*1H4. The van der Waals surface area contributed by atoms with Gasteiger partial charge in [0.25, 0.3) is 0 Å². The van der Waals surface area contributed by atoms with Crippen LogP contribution in [0.25, 0.3) is 0 Å². The summed E-state index contributed by atoms with van der Waals surface area (Å²) in [7, 11) is 1.64. The molecule has 0 bridgehead atoms. The van der Waals surface area contributed by atoms with Gasteiger partial charge < -0.3 is 42.6 Å². The molecule has 0 aromatic heterocycles. The topological polar surface area (TPSA) is 117 Å². The van der Waals surface area contributed by atoms with E-state index in [0.29, 0.717) is 85.9 Å². The molecule has 2 atom stereocenters. The first-order chi connectivity index (χ1) is 23.8. The van der Waals surface area contributed by atoms with Crippen LogP contribution in [0.3, 0.4) is 0 Å². The lowest BCUT2D eigenvalue weighted by atomic mass is 10.0. The van der Waals surface area contributed by atoms with Crippen molar-refractivity contribution in [2.45, 2.75) is 101 Å². The molecule has 0 saturated carbocycles. The van der Waals surface area contributed by atoms with E-state index in [1.54, 1.807) is 7.11 Å². The van der Waals surface area contributed by atoms with Crippen molar-refractivity contribution in [1.82, 2.24) is 0 Å². The van der Waals surface area contributed by atoms with Crippen molar-refractivity contribution < 1.29 is 91.7 Å². The van der Waals surface area contributed by atoms with Gasteiger partial charge in [0.2, 0.25) is 0 Å². The Balaban J connectivity index is -0.000000210. The molecule has 0 saturated heterocycles. The van der Waals surface area contributed by atoms with Crippen LogP contribution >= 0.6 is 0 Å². The smallest absolute Gasteiger partial charge is 0.460 e. The summed E-state index contributed by atoms with van der Waals surface area (Å²) in [5, 5.41) is 0. The van der Waals surface area contributed by atoms with E-state index >= 15 is 0 Å². The Labute approximate surface area is 322 Å². The summed E-state index contributed by atoms with van der Waals surface area (Å²) in [5.41, 5.74) is 0. The van der Waals surface area contributed by atoms with Gasteiger partial charge in [-0.1, -0.05) is 57.4 Å². The minimum Gasteiger partial charge on any atom is -0.465 e. The quantitative estimate of drug-likeness (QED) is 0.0395. The number of halogens is 9. The number of carbonyl (C=O) groups excluding carboxylic acids is 2. The summed E-state index contributed by atoms with van der Waals surface area (Å²) in [5.74, 6) is -21.4. The van der Waals surface area contributed by atoms with Crippen molar-refractivity contribution in [3.8, 4) is 0 Å². The molecular weight excluding hydrogens is 767 g/mol. The zero-order valence-electron chi connectivity index (χ0n) is 29.8. The normalized spacial score (nSPS) is 12.7. The predicted molar refractivity (Wildman–Crippen MR) is 190 cm³/mol. The Morgan fingerprint density at radius 1 is 0.455 bits per heavy atom. The van der Waals surface area contributed by atoms with Crippen LogP contribution in [0.5, 0.6) is 0 Å². The van der Waals surface area contributed by atoms with Gasteiger partial charge in [0.05, 0.1) is 111 Å². The van der Waals surface area contributed by atoms with E-state index in [1.807, 2.05) is 13.8 Å². The molecule has 0 radical (unpaired) electrons. The second-order valence-corrected chi connectivity index (χ2v) is 10.7. The average molecular weight is 837 g/mol. The molecule has 0 N–H and O–H groups in total. The first-order valence-corrected chi connectivity index (χ1v) is 16.3. The van der Waals surface area contributed by atoms with Gasteiger partial charge in [-0.25, -0.2) is 0 Å². The summed E-state index contributed by atoms with van der Waals surface area (Å²) in [6.45, 7) is 12.2. The fraction of sp³-hybridized carbons (Fsp3) is 0.943. The molecule has 2 unspecified atom stereocenters. The second-order valence-electron chi connectivity index (χ2n) is 10.7. The monoisotopic (exact) mass is 836 g/mol. The lowest BCUT2D eigenvalue weighted by Crippen LogP contribution is -2.61. The van der Waals surface area contributed by atoms with Crippen molar-refractivity contribution >= 4 is 11.9 Å². The van der Waals surface area contributed by atoms with Crippen LogP contribution in [0.15, 0.2) is 0 Å². The van der Waals surface area contributed by atoms with E-state index in [1.165, 1.54) is 13.8 Å². The van der Waals surface area contributed by atoms with Crippen molar-refractivity contribution in [3.05, 3.63) is 0 Å². The molecule has 0 aliphatic rings. The largest absolute Gasteiger partial charge is 0.465 e. The van der Waals surface area contributed by atoms with E-state index in [4.69, 9.17) is 37.9 Å². The number of carbonyl (C=O) groups is 2. The first-order valence-electron chi connectivity index (χ1n) is 16.3. The molecule has 0 rings (SSSR count). The van der Waals surface area contributed by atoms with Crippen LogP contribution in [0.4, 0.5) is 39.5 Å². The number of esters is 2. The third kappa shape index (κ3) is 29.0. The number of hydrogen-bond donors (Lipinski definition) is 0. The number of alkyl halides is 9. The van der Waals surface area contributed by atoms with Crippen LogP contribution in [0, 0.1) is 11.8 Å². The van der Waals surface area contributed by atoms with E-state index in [2.05, 4.69) is 4.74 Å². The van der Waals surface area contributed by atoms with Gasteiger partial charge in [-0.2, -0.15) is 39.5 Å². The fourth-order valence-electron chi connectivity index (χ4n) is 3.01. The molecule has 20 heteroatoms. The van der Waals surface area contributed by atoms with E-state index in [9.17, 15) is 49.1 Å². The SMILES string of the molecule is C.C.C.C.CCC(C)C(=O)OCCC(F)(F)C(F)(F)C(F)(F)C(F)(F)F.CCC(C)C(=O)OCCOCCOCCOCCOCCOCCOCCOC. The van der Waals surface area contributed by atoms with Crippen molar-refractivity contribution in [2.75, 3.05) is 106 Å². The number of rotatable bonds is 30. The summed E-state index contributed by atoms with van der Waals surface area (Å²) in [4.78, 5) is 22.5. The number of ether oxygens (including phenoxy) is 9. The van der Waals surface area contributed by atoms with E-state index in [0.717, 1.165) is 6.42 Å². The van der Waals surface area contributed by atoms with Crippen LogP contribution in [0.1, 0.15) is 76.7 Å². The molecule has 0 fully saturated rings. The van der Waals surface area contributed by atoms with Gasteiger partial charge in [0.15, 0.2) is 0 Å². The highest BCUT2D eigenvalue weighted by molar-refractivity contribution is 5.72. The molecule has 338 valence electrons. The highest BCUT2D eigenvalue weighted by Gasteiger charge is 2.81. The molecule has 0 aromatic carbocycles. The van der Waals surface area contributed by atoms with Crippen molar-refractivity contribution in [3.63, 3.8) is 0 Å². The molecule has 0 amide bonds. The van der Waals surface area contributed by atoms with Crippen LogP contribution in [-0.4, -0.2) is 142 Å². The molecule has 0 aliphatic carbocycles. The highest BCUT2D eigenvalue weighted by atomic mass is 19.4. The lowest BCUT2D eigenvalue weighted by Gasteiger charge is -2.33. The van der Waals surface area contributed by atoms with Crippen LogP contribution in [-0.2, 0) is 52.2 Å². The summed E-state index contributed by atoms with van der Waals surface area (Å²) in [6.07, 6.45) is -8.01. The van der Waals surface area contributed by atoms with E-state index < -0.39 is 48.9 Å². The number of methoxy groups -OCH3 is 1. The minimum atomic E-state index is -6.93. The Morgan fingerprint density at radius 2 is 0.727 bits per heavy atom. The molecule has 0 aliphatic heterocycles. The van der Waals surface area contributed by atoms with Crippen molar-refractivity contribution in [1.29, 1.82) is 0 Å². The second kappa shape index (κ2) is 36.4.